The van der Waals surface area contributed by atoms with E-state index >= 15 is 0 Å². The van der Waals surface area contributed by atoms with Gasteiger partial charge in [-0.05, 0) is 19.4 Å². The zero-order valence-electron chi connectivity index (χ0n) is 12.6. The van der Waals surface area contributed by atoms with Gasteiger partial charge >= 0.3 is 0 Å². The van der Waals surface area contributed by atoms with E-state index in [-0.39, 0.29) is 17.5 Å². The molecule has 0 saturated carbocycles. The maximum atomic E-state index is 11.3. The zero-order chi connectivity index (χ0) is 15.6. The number of nitrogens with zero attached hydrogens (tertiary/aromatic N) is 1. The molecule has 1 unspecified atom stereocenters. The molecule has 1 N–H and O–H groups in total. The van der Waals surface area contributed by atoms with Gasteiger partial charge in [0, 0.05) is 29.8 Å². The summed E-state index contributed by atoms with van der Waals surface area (Å²) >= 11 is 0. The van der Waals surface area contributed by atoms with Gasteiger partial charge in [-0.1, -0.05) is 36.4 Å². The third-order valence-corrected chi connectivity index (χ3v) is 4.78. The number of phenolic OH excluding ortho intramolecular Hbond substituents is 1. The van der Waals surface area contributed by atoms with Crippen LogP contribution < -0.4 is 0 Å². The lowest BCUT2D eigenvalue weighted by molar-refractivity contribution is 0.271. The fourth-order valence-corrected chi connectivity index (χ4v) is 2.97. The van der Waals surface area contributed by atoms with Crippen molar-refractivity contribution in [2.45, 2.75) is 13.0 Å². The molecule has 21 heavy (non-hydrogen) atoms. The molecule has 0 bridgehead atoms. The summed E-state index contributed by atoms with van der Waals surface area (Å²) in [6.45, 7) is 2.40. The van der Waals surface area contributed by atoms with Crippen LogP contribution in [0.5, 0.6) is 5.75 Å². The molecule has 0 heterocycles. The van der Waals surface area contributed by atoms with E-state index in [1.807, 2.05) is 55.3 Å². The molecule has 0 radical (unpaired) electrons. The van der Waals surface area contributed by atoms with Crippen LogP contribution in [-0.4, -0.2) is 44.0 Å². The molecule has 114 valence electrons. The molecule has 0 aliphatic heterocycles. The number of aromatic hydroxyl groups is 1. The number of rotatable bonds is 5. The van der Waals surface area contributed by atoms with Gasteiger partial charge in [-0.15, -0.1) is 0 Å². The lowest BCUT2D eigenvalue weighted by atomic mass is 10.0. The van der Waals surface area contributed by atoms with Crippen molar-refractivity contribution >= 4 is 20.6 Å². The number of hydrogen-bond donors (Lipinski definition) is 1. The van der Waals surface area contributed by atoms with Crippen molar-refractivity contribution in [2.24, 2.45) is 0 Å². The van der Waals surface area contributed by atoms with Gasteiger partial charge in [-0.25, -0.2) is 8.42 Å². The average molecular weight is 307 g/mol. The van der Waals surface area contributed by atoms with Crippen LogP contribution in [0.3, 0.4) is 0 Å². The number of sulfone groups is 1. The summed E-state index contributed by atoms with van der Waals surface area (Å²) in [5.41, 5.74) is 0.810. The molecular formula is C16H21NO3S. The van der Waals surface area contributed by atoms with Gasteiger partial charge in [-0.2, -0.15) is 0 Å². The summed E-state index contributed by atoms with van der Waals surface area (Å²) in [6.07, 6.45) is 1.24. The topological polar surface area (TPSA) is 57.6 Å². The molecule has 2 aromatic rings. The maximum absolute atomic E-state index is 11.3. The van der Waals surface area contributed by atoms with Crippen molar-refractivity contribution in [3.63, 3.8) is 0 Å². The monoisotopic (exact) mass is 307 g/mol. The molecular weight excluding hydrogens is 286 g/mol. The second-order valence-corrected chi connectivity index (χ2v) is 7.77. The summed E-state index contributed by atoms with van der Waals surface area (Å²) in [4.78, 5) is 1.94. The number of fused-ring (bicyclic) bond motifs is 1. The van der Waals surface area contributed by atoms with E-state index in [2.05, 4.69) is 0 Å². The smallest absolute Gasteiger partial charge is 0.148 e. The quantitative estimate of drug-likeness (QED) is 0.922. The molecule has 0 spiro atoms. The van der Waals surface area contributed by atoms with Crippen molar-refractivity contribution in [3.8, 4) is 5.75 Å². The molecule has 0 aliphatic carbocycles. The van der Waals surface area contributed by atoms with Crippen molar-refractivity contribution in [1.82, 2.24) is 4.90 Å². The fraction of sp³-hybridized carbons (Fsp3) is 0.375. The van der Waals surface area contributed by atoms with E-state index in [4.69, 9.17) is 0 Å². The first-order chi connectivity index (χ1) is 9.79. The summed E-state index contributed by atoms with van der Waals surface area (Å²) in [6, 6.07) is 11.5. The minimum Gasteiger partial charge on any atom is -0.507 e. The molecule has 1 atom stereocenters. The first-order valence-corrected chi connectivity index (χ1v) is 8.94. The van der Waals surface area contributed by atoms with Gasteiger partial charge in [0.1, 0.15) is 15.6 Å². The Kier molecular flexibility index (Phi) is 4.54. The predicted octanol–water partition coefficient (Wildman–Crippen LogP) is 2.58. The molecule has 4 nitrogen and oxygen atoms in total. The number of phenols is 1. The first kappa shape index (κ1) is 15.8. The largest absolute Gasteiger partial charge is 0.507 e. The van der Waals surface area contributed by atoms with Crippen LogP contribution in [0.15, 0.2) is 36.4 Å². The minimum atomic E-state index is -2.98. The summed E-state index contributed by atoms with van der Waals surface area (Å²) in [7, 11) is -1.12. The van der Waals surface area contributed by atoms with E-state index in [9.17, 15) is 13.5 Å². The van der Waals surface area contributed by atoms with Gasteiger partial charge in [0.25, 0.3) is 0 Å². The Labute approximate surface area is 125 Å². The molecule has 0 amide bonds. The lowest BCUT2D eigenvalue weighted by Gasteiger charge is -2.25. The van der Waals surface area contributed by atoms with Crippen LogP contribution in [-0.2, 0) is 9.84 Å². The van der Waals surface area contributed by atoms with Gasteiger partial charge in [0.05, 0.1) is 5.75 Å². The van der Waals surface area contributed by atoms with Crippen LogP contribution in [0.25, 0.3) is 10.8 Å². The molecule has 0 saturated heterocycles. The first-order valence-electron chi connectivity index (χ1n) is 6.88. The Morgan fingerprint density at radius 2 is 1.86 bits per heavy atom. The highest BCUT2D eigenvalue weighted by Crippen LogP contribution is 2.34. The molecule has 0 fully saturated rings. The average Bonchev–Trinajstić information content (AvgIpc) is 2.44. The second-order valence-electron chi connectivity index (χ2n) is 5.51. The Balaban J connectivity index is 2.26. The summed E-state index contributed by atoms with van der Waals surface area (Å²) in [5, 5.41) is 12.3. The zero-order valence-corrected chi connectivity index (χ0v) is 13.4. The predicted molar refractivity (Wildman–Crippen MR) is 86.4 cm³/mol. The summed E-state index contributed by atoms with van der Waals surface area (Å²) < 4.78 is 22.5. The Morgan fingerprint density at radius 1 is 1.19 bits per heavy atom. The van der Waals surface area contributed by atoms with Crippen molar-refractivity contribution in [2.75, 3.05) is 25.6 Å². The van der Waals surface area contributed by atoms with Gasteiger partial charge in [0.15, 0.2) is 0 Å². The van der Waals surface area contributed by atoms with Crippen LogP contribution in [0, 0.1) is 0 Å². The maximum Gasteiger partial charge on any atom is 0.148 e. The van der Waals surface area contributed by atoms with Gasteiger partial charge in [-0.3, -0.25) is 4.90 Å². The lowest BCUT2D eigenvalue weighted by Crippen LogP contribution is -2.28. The van der Waals surface area contributed by atoms with Crippen molar-refractivity contribution < 1.29 is 13.5 Å². The molecule has 2 rings (SSSR count). The van der Waals surface area contributed by atoms with Crippen LogP contribution in [0.2, 0.25) is 0 Å². The normalized spacial score (nSPS) is 13.7. The fourth-order valence-electron chi connectivity index (χ4n) is 2.35. The number of benzene rings is 2. The molecule has 0 aliphatic rings. The minimum absolute atomic E-state index is 0.0589. The van der Waals surface area contributed by atoms with E-state index in [1.165, 1.54) is 6.26 Å². The third-order valence-electron chi connectivity index (χ3n) is 3.86. The highest BCUT2D eigenvalue weighted by molar-refractivity contribution is 7.90. The van der Waals surface area contributed by atoms with Crippen LogP contribution in [0.1, 0.15) is 18.5 Å². The van der Waals surface area contributed by atoms with E-state index < -0.39 is 9.84 Å². The van der Waals surface area contributed by atoms with Crippen LogP contribution >= 0.6 is 0 Å². The van der Waals surface area contributed by atoms with E-state index in [0.717, 1.165) is 16.3 Å². The van der Waals surface area contributed by atoms with Crippen molar-refractivity contribution in [1.29, 1.82) is 0 Å². The van der Waals surface area contributed by atoms with E-state index in [1.54, 1.807) is 0 Å². The van der Waals surface area contributed by atoms with Gasteiger partial charge < -0.3 is 5.11 Å². The van der Waals surface area contributed by atoms with Crippen molar-refractivity contribution in [3.05, 3.63) is 42.0 Å². The Hall–Kier alpha value is -1.59. The highest BCUT2D eigenvalue weighted by atomic mass is 32.2. The van der Waals surface area contributed by atoms with Crippen LogP contribution in [0.4, 0.5) is 0 Å². The Morgan fingerprint density at radius 3 is 2.52 bits per heavy atom. The Bertz CT molecular complexity index is 740. The SMILES string of the molecule is CC(c1ccc2ccccc2c1O)N(C)CCS(C)(=O)=O. The standard InChI is InChI=1S/C16H21NO3S/c1-12(17(2)10-11-21(3,19)20)14-9-8-13-6-4-5-7-15(13)16(14)18/h4-9,12,18H,10-11H2,1-3H3. The molecule has 5 heteroatoms. The summed E-state index contributed by atoms with van der Waals surface area (Å²) in [5.74, 6) is 0.383. The second kappa shape index (κ2) is 6.03. The van der Waals surface area contributed by atoms with E-state index in [0.29, 0.717) is 6.54 Å². The molecule has 2 aromatic carbocycles. The number of hydrogen-bond acceptors (Lipinski definition) is 4. The highest BCUT2D eigenvalue weighted by Gasteiger charge is 2.18. The molecule has 0 aromatic heterocycles. The third kappa shape index (κ3) is 3.74. The van der Waals surface area contributed by atoms with Gasteiger partial charge in [0.2, 0.25) is 0 Å².